The highest BCUT2D eigenvalue weighted by atomic mass is 16.5. The molecule has 0 saturated heterocycles. The van der Waals surface area contributed by atoms with Crippen molar-refractivity contribution in [2.24, 2.45) is 0 Å². The first-order chi connectivity index (χ1) is 11.6. The predicted octanol–water partition coefficient (Wildman–Crippen LogP) is 1.80. The lowest BCUT2D eigenvalue weighted by Crippen LogP contribution is -2.33. The summed E-state index contributed by atoms with van der Waals surface area (Å²) >= 11 is 0. The summed E-state index contributed by atoms with van der Waals surface area (Å²) in [6.07, 6.45) is 1.07. The van der Waals surface area contributed by atoms with E-state index in [0.717, 1.165) is 16.7 Å². The summed E-state index contributed by atoms with van der Waals surface area (Å²) in [4.78, 5) is 20.1. The number of likely N-dealkylation sites (N-methyl/N-ethyl adjacent to an activating group) is 1. The van der Waals surface area contributed by atoms with Crippen LogP contribution in [0.25, 0.3) is 10.9 Å². The molecule has 0 saturated carbocycles. The van der Waals surface area contributed by atoms with Gasteiger partial charge in [0, 0.05) is 36.8 Å². The first-order valence-corrected chi connectivity index (χ1v) is 7.68. The topological polar surface area (TPSA) is 78.5 Å². The van der Waals surface area contributed by atoms with Crippen LogP contribution in [0.5, 0.6) is 5.75 Å². The number of nitrogens with one attached hydrogen (secondary N) is 1. The first kappa shape index (κ1) is 16.0. The van der Waals surface area contributed by atoms with Crippen LogP contribution in [0.4, 0.5) is 5.82 Å². The number of aromatic nitrogens is 2. The number of hydrogen-bond donors (Lipinski definition) is 2. The van der Waals surface area contributed by atoms with Crippen molar-refractivity contribution in [3.8, 4) is 5.75 Å². The zero-order valence-electron chi connectivity index (χ0n) is 13.3. The van der Waals surface area contributed by atoms with Gasteiger partial charge in [0.1, 0.15) is 24.3 Å². The maximum absolute atomic E-state index is 11.3. The van der Waals surface area contributed by atoms with Gasteiger partial charge in [-0.15, -0.1) is 0 Å². The number of ether oxygens (including phenoxy) is 1. The van der Waals surface area contributed by atoms with E-state index in [1.165, 1.54) is 6.07 Å². The Morgan fingerprint density at radius 2 is 2.12 bits per heavy atom. The van der Waals surface area contributed by atoms with Crippen LogP contribution < -0.4 is 15.2 Å². The van der Waals surface area contributed by atoms with E-state index in [1.54, 1.807) is 24.4 Å². The van der Waals surface area contributed by atoms with Gasteiger partial charge in [0.2, 0.25) is 5.56 Å². The van der Waals surface area contributed by atoms with Crippen molar-refractivity contribution in [1.29, 1.82) is 0 Å². The van der Waals surface area contributed by atoms with E-state index < -0.39 is 6.10 Å². The number of fused-ring (bicyclic) bond motifs is 1. The van der Waals surface area contributed by atoms with Crippen molar-refractivity contribution in [2.75, 3.05) is 25.1 Å². The number of aliphatic hydroxyl groups excluding tert-OH is 1. The number of benzene rings is 1. The predicted molar refractivity (Wildman–Crippen MR) is 93.6 cm³/mol. The SMILES string of the molecule is CN(CC(O)COc1ccc2[nH]c(=O)ccc2c1)c1ccccn1. The van der Waals surface area contributed by atoms with Gasteiger partial charge in [-0.1, -0.05) is 6.07 Å². The van der Waals surface area contributed by atoms with E-state index in [-0.39, 0.29) is 12.2 Å². The average Bonchev–Trinajstić information content (AvgIpc) is 2.60. The highest BCUT2D eigenvalue weighted by Gasteiger charge is 2.10. The first-order valence-electron chi connectivity index (χ1n) is 7.68. The molecule has 3 aromatic rings. The highest BCUT2D eigenvalue weighted by molar-refractivity contribution is 5.79. The van der Waals surface area contributed by atoms with Crippen LogP contribution in [0.2, 0.25) is 0 Å². The molecule has 0 fully saturated rings. The summed E-state index contributed by atoms with van der Waals surface area (Å²) in [7, 11) is 1.87. The molecule has 0 aliphatic heterocycles. The van der Waals surface area contributed by atoms with Crippen molar-refractivity contribution in [2.45, 2.75) is 6.10 Å². The minimum Gasteiger partial charge on any atom is -0.491 e. The van der Waals surface area contributed by atoms with Crippen LogP contribution in [-0.4, -0.2) is 41.4 Å². The fourth-order valence-corrected chi connectivity index (χ4v) is 2.46. The van der Waals surface area contributed by atoms with Crippen molar-refractivity contribution in [3.63, 3.8) is 0 Å². The highest BCUT2D eigenvalue weighted by Crippen LogP contribution is 2.18. The molecule has 1 unspecified atom stereocenters. The maximum Gasteiger partial charge on any atom is 0.248 e. The van der Waals surface area contributed by atoms with Crippen LogP contribution >= 0.6 is 0 Å². The Balaban J connectivity index is 1.59. The number of hydrogen-bond acceptors (Lipinski definition) is 5. The summed E-state index contributed by atoms with van der Waals surface area (Å²) < 4.78 is 5.65. The van der Waals surface area contributed by atoms with Gasteiger partial charge in [0.15, 0.2) is 0 Å². The number of aliphatic hydroxyl groups is 1. The lowest BCUT2D eigenvalue weighted by atomic mass is 10.2. The Morgan fingerprint density at radius 3 is 2.92 bits per heavy atom. The molecule has 2 heterocycles. The number of nitrogens with zero attached hydrogens (tertiary/aromatic N) is 2. The largest absolute Gasteiger partial charge is 0.491 e. The molecule has 0 aliphatic carbocycles. The van der Waals surface area contributed by atoms with Gasteiger partial charge in [-0.2, -0.15) is 0 Å². The molecule has 0 amide bonds. The van der Waals surface area contributed by atoms with E-state index in [2.05, 4.69) is 9.97 Å². The summed E-state index contributed by atoms with van der Waals surface area (Å²) in [6, 6.07) is 14.3. The third-order valence-electron chi connectivity index (χ3n) is 3.66. The second kappa shape index (κ2) is 7.14. The standard InChI is InChI=1S/C18H19N3O3/c1-21(17-4-2-3-9-19-17)11-14(22)12-24-15-6-7-16-13(10-15)5-8-18(23)20-16/h2-10,14,22H,11-12H2,1H3,(H,20,23). The van der Waals surface area contributed by atoms with E-state index >= 15 is 0 Å². The van der Waals surface area contributed by atoms with Crippen LogP contribution in [0.3, 0.4) is 0 Å². The molecule has 24 heavy (non-hydrogen) atoms. The molecule has 1 aromatic carbocycles. The second-order valence-corrected chi connectivity index (χ2v) is 5.60. The summed E-state index contributed by atoms with van der Waals surface area (Å²) in [5.74, 6) is 1.44. The molecule has 0 aliphatic rings. The van der Waals surface area contributed by atoms with Gasteiger partial charge in [-0.25, -0.2) is 4.98 Å². The van der Waals surface area contributed by atoms with Crippen molar-refractivity contribution >= 4 is 16.7 Å². The zero-order chi connectivity index (χ0) is 16.9. The maximum atomic E-state index is 11.3. The van der Waals surface area contributed by atoms with E-state index in [1.807, 2.05) is 36.2 Å². The molecule has 1 atom stereocenters. The Labute approximate surface area is 139 Å². The van der Waals surface area contributed by atoms with E-state index in [9.17, 15) is 9.90 Å². The van der Waals surface area contributed by atoms with Crippen LogP contribution in [0.15, 0.2) is 59.5 Å². The normalized spacial score (nSPS) is 12.1. The van der Waals surface area contributed by atoms with Gasteiger partial charge < -0.3 is 19.7 Å². The monoisotopic (exact) mass is 325 g/mol. The molecule has 6 heteroatoms. The summed E-state index contributed by atoms with van der Waals surface area (Å²) in [5, 5.41) is 11.0. The van der Waals surface area contributed by atoms with Crippen molar-refractivity contribution in [1.82, 2.24) is 9.97 Å². The number of rotatable bonds is 6. The summed E-state index contributed by atoms with van der Waals surface area (Å²) in [6.45, 7) is 0.587. The molecule has 2 N–H and O–H groups in total. The van der Waals surface area contributed by atoms with Gasteiger partial charge >= 0.3 is 0 Å². The number of aromatic amines is 1. The van der Waals surface area contributed by atoms with Crippen molar-refractivity contribution in [3.05, 3.63) is 65.1 Å². The molecule has 2 aromatic heterocycles. The molecule has 0 radical (unpaired) electrons. The third kappa shape index (κ3) is 3.91. The number of H-pyrrole nitrogens is 1. The molecule has 3 rings (SSSR count). The zero-order valence-corrected chi connectivity index (χ0v) is 13.3. The lowest BCUT2D eigenvalue weighted by molar-refractivity contribution is 0.113. The number of anilines is 1. The quantitative estimate of drug-likeness (QED) is 0.722. The molecular weight excluding hydrogens is 306 g/mol. The van der Waals surface area contributed by atoms with Gasteiger partial charge in [0.25, 0.3) is 0 Å². The Bertz CT molecular complexity index is 864. The average molecular weight is 325 g/mol. The Kier molecular flexibility index (Phi) is 4.77. The molecular formula is C18H19N3O3. The second-order valence-electron chi connectivity index (χ2n) is 5.60. The number of pyridine rings is 2. The van der Waals surface area contributed by atoms with Crippen LogP contribution in [0.1, 0.15) is 0 Å². The Morgan fingerprint density at radius 1 is 1.25 bits per heavy atom. The van der Waals surface area contributed by atoms with Gasteiger partial charge in [-0.05, 0) is 36.4 Å². The minimum atomic E-state index is -0.650. The third-order valence-corrected chi connectivity index (χ3v) is 3.66. The van der Waals surface area contributed by atoms with E-state index in [4.69, 9.17) is 4.74 Å². The molecule has 6 nitrogen and oxygen atoms in total. The van der Waals surface area contributed by atoms with E-state index in [0.29, 0.717) is 12.3 Å². The Hall–Kier alpha value is -2.86. The lowest BCUT2D eigenvalue weighted by Gasteiger charge is -2.21. The fraction of sp³-hybridized carbons (Fsp3) is 0.222. The van der Waals surface area contributed by atoms with Gasteiger partial charge in [-0.3, -0.25) is 4.79 Å². The molecule has 0 bridgehead atoms. The fourth-order valence-electron chi connectivity index (χ4n) is 2.46. The van der Waals surface area contributed by atoms with Crippen LogP contribution in [-0.2, 0) is 0 Å². The van der Waals surface area contributed by atoms with Crippen LogP contribution in [0, 0.1) is 0 Å². The van der Waals surface area contributed by atoms with Crippen molar-refractivity contribution < 1.29 is 9.84 Å². The van der Waals surface area contributed by atoms with Gasteiger partial charge in [0.05, 0.1) is 0 Å². The molecule has 124 valence electrons. The summed E-state index contributed by atoms with van der Waals surface area (Å²) in [5.41, 5.74) is 0.620. The smallest absolute Gasteiger partial charge is 0.248 e. The minimum absolute atomic E-state index is 0.135. The molecule has 0 spiro atoms.